The highest BCUT2D eigenvalue weighted by atomic mass is 16.5. The Balaban J connectivity index is 0.000000162. The second-order valence-corrected chi connectivity index (χ2v) is 41.8. The highest BCUT2D eigenvalue weighted by Crippen LogP contribution is 2.72. The molecule has 0 amide bonds. The summed E-state index contributed by atoms with van der Waals surface area (Å²) in [5.74, 6) is 14.3. The lowest BCUT2D eigenvalue weighted by Gasteiger charge is -2.62. The molecule has 96 heavy (non-hydrogen) atoms. The lowest BCUT2D eigenvalue weighted by atomic mass is 9.43. The molecule has 0 bridgehead atoms. The largest absolute Gasteiger partial charge is 0.466 e. The summed E-state index contributed by atoms with van der Waals surface area (Å²) >= 11 is 0. The molecule has 12 aliphatic rings. The van der Waals surface area contributed by atoms with Gasteiger partial charge in [0.1, 0.15) is 0 Å². The minimum atomic E-state index is -0.522. The van der Waals surface area contributed by atoms with Gasteiger partial charge in [0.25, 0.3) is 0 Å². The van der Waals surface area contributed by atoms with Crippen molar-refractivity contribution in [2.24, 2.45) is 133 Å². The first-order chi connectivity index (χ1) is 44.3. The van der Waals surface area contributed by atoms with E-state index in [2.05, 4.69) is 87.0 Å². The maximum Gasteiger partial charge on any atom is 0.302 e. The van der Waals surface area contributed by atoms with Gasteiger partial charge in [0.2, 0.25) is 0 Å². The highest BCUT2D eigenvalue weighted by Gasteiger charge is 2.65. The van der Waals surface area contributed by atoms with Gasteiger partial charge in [-0.05, 0) is 389 Å². The lowest BCUT2D eigenvalue weighted by molar-refractivity contribution is -0.148. The molecule has 11 saturated carbocycles. The van der Waals surface area contributed by atoms with Crippen molar-refractivity contribution in [1.29, 1.82) is 0 Å². The molecule has 6 N–H and O–H groups in total. The molecule has 8 heteroatoms. The minimum Gasteiger partial charge on any atom is -0.466 e. The topological polar surface area (TPSA) is 148 Å². The van der Waals surface area contributed by atoms with Gasteiger partial charge in [-0.15, -0.1) is 0 Å². The minimum absolute atomic E-state index is 0.211. The van der Waals surface area contributed by atoms with Gasteiger partial charge in [0, 0.05) is 6.92 Å². The first-order valence-corrected chi connectivity index (χ1v) is 41.5. The first-order valence-electron chi connectivity index (χ1n) is 41.5. The third-order valence-corrected chi connectivity index (χ3v) is 33.3. The third-order valence-electron chi connectivity index (χ3n) is 33.3. The van der Waals surface area contributed by atoms with E-state index in [4.69, 9.17) is 0 Å². The summed E-state index contributed by atoms with van der Waals surface area (Å²) in [6.07, 6.45) is 46.2. The van der Waals surface area contributed by atoms with Gasteiger partial charge in [-0.1, -0.05) is 112 Å². The number of esters is 1. The number of hydrogen-bond donors (Lipinski definition) is 6. The lowest BCUT2D eigenvalue weighted by Crippen LogP contribution is -2.55. The van der Waals surface area contributed by atoms with Crippen LogP contribution in [-0.2, 0) is 9.53 Å². The van der Waals surface area contributed by atoms with E-state index in [1.807, 2.05) is 48.5 Å². The van der Waals surface area contributed by atoms with Gasteiger partial charge in [-0.3, -0.25) is 4.79 Å². The Labute approximate surface area is 591 Å². The second kappa shape index (κ2) is 29.5. The summed E-state index contributed by atoms with van der Waals surface area (Å²) in [5, 5.41) is 62.4. The van der Waals surface area contributed by atoms with E-state index in [0.717, 1.165) is 178 Å². The number of carbonyl (C=O) groups excluding carboxylic acids is 1. The number of ether oxygens (including phenoxy) is 1. The van der Waals surface area contributed by atoms with Gasteiger partial charge in [-0.25, -0.2) is 0 Å². The van der Waals surface area contributed by atoms with Crippen LogP contribution in [0.3, 0.4) is 0 Å². The summed E-state index contributed by atoms with van der Waals surface area (Å²) in [4.78, 5) is 9.82. The average Bonchev–Trinajstić information content (AvgIpc) is 1.37. The normalized spacial score (nSPS) is 46.3. The highest BCUT2D eigenvalue weighted by molar-refractivity contribution is 5.65. The van der Waals surface area contributed by atoms with Crippen LogP contribution in [0, 0.1) is 133 Å². The molecule has 0 radical (unpaired) electrons. The van der Waals surface area contributed by atoms with Crippen LogP contribution >= 0.6 is 0 Å². The Hall–Kier alpha value is -1.03. The fourth-order valence-electron chi connectivity index (χ4n) is 28.0. The Bertz CT molecular complexity index is 2470. The van der Waals surface area contributed by atoms with E-state index in [9.17, 15) is 35.4 Å². The molecular weight excluding hydrogens is 1180 g/mol. The summed E-state index contributed by atoms with van der Waals surface area (Å²) in [6, 6.07) is 0. The van der Waals surface area contributed by atoms with E-state index in [-0.39, 0.29) is 5.97 Å². The molecule has 0 aromatic carbocycles. The van der Waals surface area contributed by atoms with E-state index in [0.29, 0.717) is 39.1 Å². The summed E-state index contributed by atoms with van der Waals surface area (Å²) in [5.41, 5.74) is 1.58. The van der Waals surface area contributed by atoms with Gasteiger partial charge >= 0.3 is 5.97 Å². The Kier molecular flexibility index (Phi) is 24.3. The maximum absolute atomic E-state index is 10.7. The number of rotatable bonds is 16. The molecule has 11 fully saturated rings. The van der Waals surface area contributed by atoms with E-state index >= 15 is 0 Å². The van der Waals surface area contributed by atoms with Crippen molar-refractivity contribution in [3.63, 3.8) is 0 Å². The smallest absolute Gasteiger partial charge is 0.302 e. The third kappa shape index (κ3) is 17.0. The molecule has 0 heterocycles. The number of allylic oxidation sites excluding steroid dienone is 1. The monoisotopic (exact) mass is 1340 g/mol. The van der Waals surface area contributed by atoms with Gasteiger partial charge in [0.05, 0.1) is 40.2 Å². The molecule has 0 aromatic rings. The zero-order chi connectivity index (χ0) is 70.8. The van der Waals surface area contributed by atoms with Crippen molar-refractivity contribution in [3.05, 3.63) is 11.6 Å². The van der Waals surface area contributed by atoms with Crippen molar-refractivity contribution in [1.82, 2.24) is 0 Å². The fourth-order valence-corrected chi connectivity index (χ4v) is 28.0. The predicted octanol–water partition coefficient (Wildman–Crippen LogP) is 21.4. The van der Waals surface area contributed by atoms with Gasteiger partial charge < -0.3 is 35.4 Å². The fraction of sp³-hybridized carbons (Fsp3) is 0.966. The molecule has 0 aliphatic heterocycles. The van der Waals surface area contributed by atoms with Crippen LogP contribution in [0.2, 0.25) is 0 Å². The van der Waals surface area contributed by atoms with Gasteiger partial charge in [0.15, 0.2) is 0 Å². The second-order valence-electron chi connectivity index (χ2n) is 41.8. The Morgan fingerprint density at radius 3 is 1.14 bits per heavy atom. The SMILES string of the molecule is CCOC(C)=O.C[C@H](CCCC(C)(C)O)[C@H]1CC[C@H]2[C@@H]3CC=C4C[C@@](C)(O)CC[C@]4(C)[C@H]3CC[C@]12C.C[C@H](CCCC(C)(C)O)[C@H]1CC[C@H]2[C@@H]3CC[C@@H]4C[C@@](C)(O)CC[C@]4(C)[C@H]3CC[C@]12C.C[C@H](CCCC(C)(C)O)[C@H]1CC[C@H]2[C@@H]3CC[C@H]4C[C@@](C)(O)CC[C@]4(C)[C@H]3CC[C@]12C. The molecule has 26 atom stereocenters. The predicted molar refractivity (Wildman–Crippen MR) is 398 cm³/mol. The number of aliphatic hydroxyl groups is 6. The van der Waals surface area contributed by atoms with Crippen LogP contribution in [-0.4, -0.2) is 76.8 Å². The quantitative estimate of drug-likeness (QED) is 0.0661. The molecule has 12 aliphatic carbocycles. The molecule has 8 nitrogen and oxygen atoms in total. The maximum atomic E-state index is 10.7. The molecule has 0 spiro atoms. The Morgan fingerprint density at radius 1 is 0.448 bits per heavy atom. The van der Waals surface area contributed by atoms with E-state index < -0.39 is 33.6 Å². The van der Waals surface area contributed by atoms with E-state index in [1.54, 1.807) is 12.5 Å². The van der Waals surface area contributed by atoms with Crippen molar-refractivity contribution in [3.8, 4) is 0 Å². The van der Waals surface area contributed by atoms with Crippen molar-refractivity contribution < 1.29 is 40.2 Å². The average molecular weight is 1340 g/mol. The first kappa shape index (κ1) is 79.1. The van der Waals surface area contributed by atoms with Crippen LogP contribution in [0.25, 0.3) is 0 Å². The zero-order valence-corrected chi connectivity index (χ0v) is 66.3. The number of carbonyl (C=O) groups is 1. The summed E-state index contributed by atoms with van der Waals surface area (Å²) < 4.78 is 4.40. The summed E-state index contributed by atoms with van der Waals surface area (Å²) in [7, 11) is 0. The zero-order valence-electron chi connectivity index (χ0n) is 66.3. The van der Waals surface area contributed by atoms with E-state index in [1.165, 1.54) is 155 Å². The van der Waals surface area contributed by atoms with Crippen molar-refractivity contribution >= 4 is 5.97 Å². The van der Waals surface area contributed by atoms with Crippen LogP contribution < -0.4 is 0 Å². The summed E-state index contributed by atoms with van der Waals surface area (Å²) in [6.45, 7) is 44.8. The number of fused-ring (bicyclic) bond motifs is 15. The van der Waals surface area contributed by atoms with Crippen LogP contribution in [0.1, 0.15) is 363 Å². The number of hydrogen-bond acceptors (Lipinski definition) is 8. The van der Waals surface area contributed by atoms with Crippen molar-refractivity contribution in [2.45, 2.75) is 397 Å². The molecule has 0 aromatic heterocycles. The standard InChI is InChI=1S/2C28H50O2.C28H48O2.C4H8O2/c3*1-19(8-7-14-25(2,3)29)22-11-12-23-21-10-9-20-18-26(4,30)16-17-27(20,5)24(21)13-15-28(22,23)6;1-3-6-4(2)5/h2*19-24,29-30H,7-18H2,1-6H3;9,19,21-24,29-30H,7-8,10-18H2,1-6H3;3H2,1-2H3/t19-,20+,21+,22-,23+,24+,26+,27+,28-;19-,20-,21+,22-,23+,24+,26+,27+,28-;19-,21+,22-,23+,24+,26+,27+,28-;/m111./s1. The molecule has 12 rings (SSSR count). The van der Waals surface area contributed by atoms with Crippen LogP contribution in [0.15, 0.2) is 11.6 Å². The van der Waals surface area contributed by atoms with Crippen LogP contribution in [0.5, 0.6) is 0 Å². The molecule has 0 unspecified atom stereocenters. The Morgan fingerprint density at radius 2 is 0.792 bits per heavy atom. The van der Waals surface area contributed by atoms with Crippen LogP contribution in [0.4, 0.5) is 0 Å². The van der Waals surface area contributed by atoms with Crippen molar-refractivity contribution in [2.75, 3.05) is 6.61 Å². The molecule has 556 valence electrons. The molecular formula is C88H156O8. The van der Waals surface area contributed by atoms with Gasteiger partial charge in [-0.2, -0.15) is 0 Å². The molecule has 0 saturated heterocycles.